The second-order valence-electron chi connectivity index (χ2n) is 8.93. The van der Waals surface area contributed by atoms with E-state index in [1.165, 1.54) is 18.3 Å². The number of carbonyl (C=O) groups is 1. The van der Waals surface area contributed by atoms with Crippen molar-refractivity contribution >= 4 is 38.8 Å². The first-order chi connectivity index (χ1) is 19.4. The molecule has 0 fully saturated rings. The number of imidazole rings is 1. The number of alkyl halides is 3. The molecule has 0 atom stereocenters. The van der Waals surface area contributed by atoms with Crippen molar-refractivity contribution in [3.63, 3.8) is 0 Å². The Morgan fingerprint density at radius 3 is 2.46 bits per heavy atom. The highest BCUT2D eigenvalue weighted by atomic mass is 35.5. The van der Waals surface area contributed by atoms with E-state index in [2.05, 4.69) is 15.2 Å². The van der Waals surface area contributed by atoms with E-state index in [-0.39, 0.29) is 22.8 Å². The van der Waals surface area contributed by atoms with E-state index in [1.807, 2.05) is 4.72 Å². The molecule has 3 aromatic carbocycles. The van der Waals surface area contributed by atoms with Gasteiger partial charge in [-0.05, 0) is 55.8 Å². The lowest BCUT2D eigenvalue weighted by molar-refractivity contribution is -0.137. The molecule has 0 unspecified atom stereocenters. The fourth-order valence-corrected chi connectivity index (χ4v) is 5.72. The fraction of sp³-hybridized carbons (Fsp3) is 0.148. The molecule has 0 bridgehead atoms. The van der Waals surface area contributed by atoms with Gasteiger partial charge in [-0.1, -0.05) is 41.4 Å². The molecule has 0 spiro atoms. The van der Waals surface area contributed by atoms with Crippen molar-refractivity contribution in [3.8, 4) is 28.3 Å². The van der Waals surface area contributed by atoms with E-state index in [4.69, 9.17) is 16.3 Å². The maximum Gasteiger partial charge on any atom is 0.421 e. The van der Waals surface area contributed by atoms with Gasteiger partial charge in [0.25, 0.3) is 10.0 Å². The number of nitrogens with zero attached hydrogens (tertiary/aromatic N) is 3. The number of hydrogen-bond donors (Lipinski definition) is 2. The van der Waals surface area contributed by atoms with Crippen LogP contribution in [0.1, 0.15) is 18.1 Å². The number of hydrogen-bond acceptors (Lipinski definition) is 6. The predicted octanol–water partition coefficient (Wildman–Crippen LogP) is 6.50. The first kappa shape index (κ1) is 28.2. The number of sulfonamides is 1. The number of aromatic nitrogens is 4. The summed E-state index contributed by atoms with van der Waals surface area (Å²) in [6.07, 6.45) is -4.28. The van der Waals surface area contributed by atoms with E-state index in [0.29, 0.717) is 28.0 Å². The predicted molar refractivity (Wildman–Crippen MR) is 146 cm³/mol. The van der Waals surface area contributed by atoms with Gasteiger partial charge in [-0.3, -0.25) is 9.67 Å². The smallest absolute Gasteiger partial charge is 0.421 e. The molecule has 0 saturated heterocycles. The molecular formula is C27H21ClF3N5O4S. The van der Waals surface area contributed by atoms with Crippen molar-refractivity contribution in [2.75, 3.05) is 6.61 Å². The van der Waals surface area contributed by atoms with E-state index < -0.39 is 32.9 Å². The summed E-state index contributed by atoms with van der Waals surface area (Å²) in [6, 6.07) is 15.0. The average Bonchev–Trinajstić information content (AvgIpc) is 3.55. The number of aryl methyl sites for hydroxylation is 1. The molecule has 0 radical (unpaired) electrons. The Hall–Kier alpha value is -4.36. The lowest BCUT2D eigenvalue weighted by Gasteiger charge is -2.14. The summed E-state index contributed by atoms with van der Waals surface area (Å²) >= 11 is 6.04. The number of halogens is 4. The molecule has 2 aromatic heterocycles. The van der Waals surface area contributed by atoms with Gasteiger partial charge in [0.05, 0.1) is 33.1 Å². The second-order valence-corrected chi connectivity index (χ2v) is 11.0. The number of ether oxygens (including phenoxy) is 1. The number of rotatable bonds is 6. The number of amides is 1. The van der Waals surface area contributed by atoms with Crippen LogP contribution in [0.2, 0.25) is 5.02 Å². The van der Waals surface area contributed by atoms with Gasteiger partial charge < -0.3 is 4.74 Å². The van der Waals surface area contributed by atoms with E-state index in [0.717, 1.165) is 11.6 Å². The summed E-state index contributed by atoms with van der Waals surface area (Å²) < 4.78 is 74.8. The SMILES string of the molecule is CCOC(=O)NS(=O)(=O)c1ccc(C)cc1-c1ccc(-n2c(-c3ccn[nH]3)nc3cc(C(F)(F)F)c(Cl)cc32)cc1. The summed E-state index contributed by atoms with van der Waals surface area (Å²) in [4.78, 5) is 16.2. The van der Waals surface area contributed by atoms with Gasteiger partial charge in [0, 0.05) is 17.4 Å². The van der Waals surface area contributed by atoms with Crippen molar-refractivity contribution in [3.05, 3.63) is 83.0 Å². The first-order valence-corrected chi connectivity index (χ1v) is 13.9. The van der Waals surface area contributed by atoms with Crippen LogP contribution in [0, 0.1) is 6.92 Å². The minimum Gasteiger partial charge on any atom is -0.449 e. The quantitative estimate of drug-likeness (QED) is 0.229. The van der Waals surface area contributed by atoms with Crippen LogP contribution in [-0.2, 0) is 20.9 Å². The number of nitrogens with one attached hydrogen (secondary N) is 2. The highest BCUT2D eigenvalue weighted by Crippen LogP contribution is 2.39. The third-order valence-corrected chi connectivity index (χ3v) is 7.83. The van der Waals surface area contributed by atoms with Crippen LogP contribution in [0.4, 0.5) is 18.0 Å². The molecule has 0 aliphatic carbocycles. The van der Waals surface area contributed by atoms with Crippen LogP contribution in [0.15, 0.2) is 71.8 Å². The minimum absolute atomic E-state index is 0.00420. The third kappa shape index (κ3) is 5.50. The molecular weight excluding hydrogens is 583 g/mol. The molecule has 41 heavy (non-hydrogen) atoms. The molecule has 14 heteroatoms. The Balaban J connectivity index is 1.63. The molecule has 0 aliphatic rings. The Bertz CT molecular complexity index is 1870. The highest BCUT2D eigenvalue weighted by Gasteiger charge is 2.34. The Morgan fingerprint density at radius 1 is 1.10 bits per heavy atom. The van der Waals surface area contributed by atoms with Crippen LogP contribution >= 0.6 is 11.6 Å². The monoisotopic (exact) mass is 603 g/mol. The zero-order valence-electron chi connectivity index (χ0n) is 21.5. The fourth-order valence-electron chi connectivity index (χ4n) is 4.36. The van der Waals surface area contributed by atoms with E-state index in [1.54, 1.807) is 60.9 Å². The van der Waals surface area contributed by atoms with Crippen molar-refractivity contribution in [2.45, 2.75) is 24.9 Å². The van der Waals surface area contributed by atoms with Gasteiger partial charge in [0.15, 0.2) is 5.82 Å². The van der Waals surface area contributed by atoms with Crippen LogP contribution < -0.4 is 4.72 Å². The number of benzene rings is 3. The molecule has 0 aliphatic heterocycles. The molecule has 1 amide bonds. The summed E-state index contributed by atoms with van der Waals surface area (Å²) in [5.74, 6) is 0.290. The van der Waals surface area contributed by atoms with E-state index >= 15 is 0 Å². The lowest BCUT2D eigenvalue weighted by atomic mass is 10.0. The Labute approximate surface area is 237 Å². The number of aromatic amines is 1. The standard InChI is InChI=1S/C27H21ClF3N5O4S/c1-3-40-26(37)35-41(38,39)24-9-4-15(2)12-18(24)16-5-7-17(8-6-16)36-23-14-20(28)19(27(29,30)31)13-22(23)33-25(36)21-10-11-32-34-21/h4-14H,3H2,1-2H3,(H,32,34)(H,35,37). The number of fused-ring (bicyclic) bond motifs is 1. The number of carbonyl (C=O) groups excluding carboxylic acids is 1. The Kier molecular flexibility index (Phi) is 7.26. The minimum atomic E-state index is -4.67. The number of H-pyrrole nitrogens is 1. The molecule has 9 nitrogen and oxygen atoms in total. The summed E-state index contributed by atoms with van der Waals surface area (Å²) in [5, 5.41) is 6.22. The van der Waals surface area contributed by atoms with Gasteiger partial charge in [0.2, 0.25) is 0 Å². The molecule has 0 saturated carbocycles. The maximum atomic E-state index is 13.5. The molecule has 2 heterocycles. The van der Waals surface area contributed by atoms with Crippen molar-refractivity contribution in [1.82, 2.24) is 24.5 Å². The van der Waals surface area contributed by atoms with Crippen LogP contribution in [0.25, 0.3) is 39.4 Å². The summed E-state index contributed by atoms with van der Waals surface area (Å²) in [7, 11) is -4.27. The highest BCUT2D eigenvalue weighted by molar-refractivity contribution is 7.90. The van der Waals surface area contributed by atoms with Crippen molar-refractivity contribution < 1.29 is 31.1 Å². The lowest BCUT2D eigenvalue weighted by Crippen LogP contribution is -2.31. The van der Waals surface area contributed by atoms with Gasteiger partial charge in [-0.15, -0.1) is 0 Å². The maximum absolute atomic E-state index is 13.5. The average molecular weight is 604 g/mol. The summed E-state index contributed by atoms with van der Waals surface area (Å²) in [6.45, 7) is 3.34. The van der Waals surface area contributed by atoms with Gasteiger partial charge in [-0.25, -0.2) is 22.9 Å². The first-order valence-electron chi connectivity index (χ1n) is 12.1. The third-order valence-electron chi connectivity index (χ3n) is 6.14. The normalized spacial score (nSPS) is 12.0. The topological polar surface area (TPSA) is 119 Å². The van der Waals surface area contributed by atoms with E-state index in [9.17, 15) is 26.4 Å². The van der Waals surface area contributed by atoms with Gasteiger partial charge in [0.1, 0.15) is 5.69 Å². The largest absolute Gasteiger partial charge is 0.449 e. The van der Waals surface area contributed by atoms with Crippen LogP contribution in [-0.4, -0.2) is 40.9 Å². The van der Waals surface area contributed by atoms with Crippen LogP contribution in [0.3, 0.4) is 0 Å². The van der Waals surface area contributed by atoms with Crippen molar-refractivity contribution in [1.29, 1.82) is 0 Å². The Morgan fingerprint density at radius 2 is 1.83 bits per heavy atom. The second kappa shape index (κ2) is 10.6. The van der Waals surface area contributed by atoms with Gasteiger partial charge >= 0.3 is 12.3 Å². The molecule has 5 rings (SSSR count). The summed E-state index contributed by atoms with van der Waals surface area (Å²) in [5.41, 5.74) is 1.95. The van der Waals surface area contributed by atoms with Crippen molar-refractivity contribution in [2.24, 2.45) is 0 Å². The molecule has 5 aromatic rings. The molecule has 212 valence electrons. The zero-order chi connectivity index (χ0) is 29.5. The molecule has 2 N–H and O–H groups in total. The van der Waals surface area contributed by atoms with Gasteiger partial charge in [-0.2, -0.15) is 18.3 Å². The van der Waals surface area contributed by atoms with Crippen LogP contribution in [0.5, 0.6) is 0 Å². The zero-order valence-corrected chi connectivity index (χ0v) is 23.0.